The van der Waals surface area contributed by atoms with Gasteiger partial charge in [0.2, 0.25) is 6.08 Å². The highest BCUT2D eigenvalue weighted by Crippen LogP contribution is 2.22. The Morgan fingerprint density at radius 1 is 1.39 bits per heavy atom. The summed E-state index contributed by atoms with van der Waals surface area (Å²) in [6.45, 7) is 1.84. The fraction of sp³-hybridized carbons (Fsp3) is 0.0769. The van der Waals surface area contributed by atoms with Gasteiger partial charge in [0.05, 0.1) is 10.6 Å². The summed E-state index contributed by atoms with van der Waals surface area (Å²) in [7, 11) is 0. The minimum atomic E-state index is -0.139. The molecule has 0 fully saturated rings. The van der Waals surface area contributed by atoms with Gasteiger partial charge in [-0.2, -0.15) is 4.99 Å². The fourth-order valence-corrected chi connectivity index (χ4v) is 2.12. The van der Waals surface area contributed by atoms with Crippen molar-refractivity contribution in [2.45, 2.75) is 6.92 Å². The van der Waals surface area contributed by atoms with Gasteiger partial charge in [-0.15, -0.1) is 11.3 Å². The van der Waals surface area contributed by atoms with Gasteiger partial charge in [-0.25, -0.2) is 4.79 Å². The van der Waals surface area contributed by atoms with Crippen LogP contribution in [0, 0.1) is 6.92 Å². The number of anilines is 1. The van der Waals surface area contributed by atoms with Crippen molar-refractivity contribution >= 4 is 34.7 Å². The maximum absolute atomic E-state index is 11.9. The van der Waals surface area contributed by atoms with E-state index >= 15 is 0 Å². The van der Waals surface area contributed by atoms with Crippen molar-refractivity contribution in [3.63, 3.8) is 0 Å². The normalized spacial score (nSPS) is 9.61. The minimum Gasteiger partial charge on any atom is -0.321 e. The number of isocyanates is 1. The van der Waals surface area contributed by atoms with Crippen LogP contribution < -0.4 is 5.32 Å². The molecular weight excluding hydrogens is 248 g/mol. The van der Waals surface area contributed by atoms with Crippen LogP contribution in [-0.4, -0.2) is 12.0 Å². The van der Waals surface area contributed by atoms with E-state index in [2.05, 4.69) is 10.3 Å². The zero-order chi connectivity index (χ0) is 13.0. The second-order valence-corrected chi connectivity index (χ2v) is 4.58. The van der Waals surface area contributed by atoms with E-state index in [1.54, 1.807) is 24.3 Å². The number of carbonyl (C=O) groups is 1. The average Bonchev–Trinajstić information content (AvgIpc) is 2.86. The highest BCUT2D eigenvalue weighted by atomic mass is 32.1. The maximum Gasteiger partial charge on any atom is 0.265 e. The van der Waals surface area contributed by atoms with Crippen LogP contribution in [0.4, 0.5) is 11.4 Å². The Balaban J connectivity index is 2.20. The molecule has 2 rings (SSSR count). The van der Waals surface area contributed by atoms with Crippen molar-refractivity contribution in [2.24, 2.45) is 4.99 Å². The van der Waals surface area contributed by atoms with Crippen LogP contribution in [0.5, 0.6) is 0 Å². The molecule has 0 saturated carbocycles. The molecule has 1 aromatic carbocycles. The van der Waals surface area contributed by atoms with Crippen LogP contribution in [0.15, 0.2) is 40.7 Å². The Morgan fingerprint density at radius 2 is 2.22 bits per heavy atom. The van der Waals surface area contributed by atoms with Crippen molar-refractivity contribution in [2.75, 3.05) is 5.32 Å². The van der Waals surface area contributed by atoms with Crippen molar-refractivity contribution in [3.05, 3.63) is 46.2 Å². The second-order valence-electron chi connectivity index (χ2n) is 3.63. The zero-order valence-corrected chi connectivity index (χ0v) is 10.5. The van der Waals surface area contributed by atoms with Crippen molar-refractivity contribution in [3.8, 4) is 0 Å². The standard InChI is InChI=1S/C13H10N2O2S/c1-9-7-10(14-8-16)4-5-11(9)15-13(17)12-3-2-6-18-12/h2-7H,1H3,(H,15,17). The predicted molar refractivity (Wildman–Crippen MR) is 71.2 cm³/mol. The highest BCUT2D eigenvalue weighted by molar-refractivity contribution is 7.12. The summed E-state index contributed by atoms with van der Waals surface area (Å²) in [5.74, 6) is -0.139. The molecule has 0 aliphatic rings. The van der Waals surface area contributed by atoms with Gasteiger partial charge in [-0.05, 0) is 42.1 Å². The predicted octanol–water partition coefficient (Wildman–Crippen LogP) is 3.28. The number of amides is 1. The number of aliphatic imine (C=N–C) groups is 1. The van der Waals surface area contributed by atoms with E-state index in [-0.39, 0.29) is 5.91 Å². The smallest absolute Gasteiger partial charge is 0.265 e. The summed E-state index contributed by atoms with van der Waals surface area (Å²) in [4.78, 5) is 26.2. The lowest BCUT2D eigenvalue weighted by Gasteiger charge is -2.07. The molecule has 90 valence electrons. The molecule has 0 aliphatic heterocycles. The minimum absolute atomic E-state index is 0.139. The third-order valence-corrected chi connectivity index (χ3v) is 3.25. The molecule has 1 N–H and O–H groups in total. The molecule has 5 heteroatoms. The maximum atomic E-state index is 11.9. The van der Waals surface area contributed by atoms with E-state index < -0.39 is 0 Å². The van der Waals surface area contributed by atoms with Crippen molar-refractivity contribution < 1.29 is 9.59 Å². The lowest BCUT2D eigenvalue weighted by Crippen LogP contribution is -2.10. The van der Waals surface area contributed by atoms with Crippen LogP contribution >= 0.6 is 11.3 Å². The van der Waals surface area contributed by atoms with Crippen molar-refractivity contribution in [1.82, 2.24) is 0 Å². The SMILES string of the molecule is Cc1cc(N=C=O)ccc1NC(=O)c1cccs1. The van der Waals surface area contributed by atoms with E-state index in [4.69, 9.17) is 0 Å². The molecule has 0 radical (unpaired) electrons. The van der Waals surface area contributed by atoms with Gasteiger partial charge in [0.25, 0.3) is 5.91 Å². The van der Waals surface area contributed by atoms with E-state index in [1.807, 2.05) is 18.4 Å². The molecule has 0 aliphatic carbocycles. The number of thiophene rings is 1. The van der Waals surface area contributed by atoms with Gasteiger partial charge in [0.15, 0.2) is 0 Å². The Labute approximate surface area is 108 Å². The Morgan fingerprint density at radius 3 is 2.83 bits per heavy atom. The van der Waals surface area contributed by atoms with Gasteiger partial charge in [-0.3, -0.25) is 4.79 Å². The zero-order valence-electron chi connectivity index (χ0n) is 9.64. The first-order valence-electron chi connectivity index (χ1n) is 5.24. The number of hydrogen-bond acceptors (Lipinski definition) is 4. The Bertz CT molecular complexity index is 614. The largest absolute Gasteiger partial charge is 0.321 e. The first-order valence-corrected chi connectivity index (χ1v) is 6.12. The fourth-order valence-electron chi connectivity index (χ4n) is 1.50. The van der Waals surface area contributed by atoms with Crippen LogP contribution in [0.1, 0.15) is 15.2 Å². The van der Waals surface area contributed by atoms with Gasteiger partial charge in [0, 0.05) is 5.69 Å². The first kappa shape index (κ1) is 12.2. The van der Waals surface area contributed by atoms with Crippen LogP contribution in [0.25, 0.3) is 0 Å². The van der Waals surface area contributed by atoms with Crippen molar-refractivity contribution in [1.29, 1.82) is 0 Å². The number of aryl methyl sites for hydroxylation is 1. The number of benzene rings is 1. The summed E-state index contributed by atoms with van der Waals surface area (Å²) < 4.78 is 0. The molecule has 0 unspecified atom stereocenters. The van der Waals surface area contributed by atoms with Gasteiger partial charge in [0.1, 0.15) is 0 Å². The molecule has 0 atom stereocenters. The monoisotopic (exact) mass is 258 g/mol. The van der Waals surface area contributed by atoms with Crippen LogP contribution in [-0.2, 0) is 4.79 Å². The summed E-state index contributed by atoms with van der Waals surface area (Å²) in [5, 5.41) is 4.66. The van der Waals surface area contributed by atoms with E-state index in [9.17, 15) is 9.59 Å². The number of rotatable bonds is 3. The second kappa shape index (κ2) is 5.40. The summed E-state index contributed by atoms with van der Waals surface area (Å²) in [6.07, 6.45) is 1.48. The third-order valence-electron chi connectivity index (χ3n) is 2.38. The Hall–Kier alpha value is -2.23. The van der Waals surface area contributed by atoms with E-state index in [0.29, 0.717) is 16.3 Å². The quantitative estimate of drug-likeness (QED) is 0.678. The molecule has 18 heavy (non-hydrogen) atoms. The van der Waals surface area contributed by atoms with Crippen LogP contribution in [0.3, 0.4) is 0 Å². The number of hydrogen-bond donors (Lipinski definition) is 1. The Kier molecular flexibility index (Phi) is 3.67. The molecule has 0 bridgehead atoms. The van der Waals surface area contributed by atoms with Crippen LogP contribution in [0.2, 0.25) is 0 Å². The van der Waals surface area contributed by atoms with E-state index in [0.717, 1.165) is 5.56 Å². The molecule has 0 saturated heterocycles. The molecule has 1 heterocycles. The lowest BCUT2D eigenvalue weighted by molar-refractivity contribution is 0.103. The number of nitrogens with zero attached hydrogens (tertiary/aromatic N) is 1. The average molecular weight is 258 g/mol. The summed E-state index contributed by atoms with van der Waals surface area (Å²) in [6, 6.07) is 8.68. The molecule has 4 nitrogen and oxygen atoms in total. The van der Waals surface area contributed by atoms with Gasteiger partial charge < -0.3 is 5.32 Å². The summed E-state index contributed by atoms with van der Waals surface area (Å²) in [5.41, 5.74) is 2.08. The number of nitrogens with one attached hydrogen (secondary N) is 1. The molecule has 1 aromatic heterocycles. The van der Waals surface area contributed by atoms with E-state index in [1.165, 1.54) is 17.4 Å². The summed E-state index contributed by atoms with van der Waals surface area (Å²) >= 11 is 1.39. The van der Waals surface area contributed by atoms with Gasteiger partial charge >= 0.3 is 0 Å². The lowest BCUT2D eigenvalue weighted by atomic mass is 10.2. The third kappa shape index (κ3) is 2.71. The van der Waals surface area contributed by atoms with Gasteiger partial charge in [-0.1, -0.05) is 6.07 Å². The highest BCUT2D eigenvalue weighted by Gasteiger charge is 2.08. The first-order chi connectivity index (χ1) is 8.70. The molecule has 2 aromatic rings. The molecule has 1 amide bonds. The molecular formula is C13H10N2O2S. The topological polar surface area (TPSA) is 58.5 Å². The number of carbonyl (C=O) groups excluding carboxylic acids is 2. The molecule has 0 spiro atoms.